The molecule has 5 rings (SSSR count). The number of rotatable bonds is 5. The molecule has 2 heterocycles. The summed E-state index contributed by atoms with van der Waals surface area (Å²) in [6.45, 7) is 0.465. The van der Waals surface area contributed by atoms with E-state index in [2.05, 4.69) is 41.1 Å². The Morgan fingerprint density at radius 1 is 0.971 bits per heavy atom. The van der Waals surface area contributed by atoms with Crippen LogP contribution in [0.1, 0.15) is 11.6 Å². The number of hydrogen-bond donors (Lipinski definition) is 1. The first kappa shape index (κ1) is 22.9. The van der Waals surface area contributed by atoms with Crippen LogP contribution >= 0.6 is 15.9 Å². The Bertz CT molecular complexity index is 1340. The number of aromatic nitrogens is 3. The van der Waals surface area contributed by atoms with Crippen LogP contribution in [0.15, 0.2) is 88.6 Å². The van der Waals surface area contributed by atoms with Crippen LogP contribution in [-0.4, -0.2) is 33.8 Å². The second-order valence-corrected chi connectivity index (χ2v) is 8.49. The van der Waals surface area contributed by atoms with Crippen molar-refractivity contribution in [2.24, 2.45) is 4.99 Å². The summed E-state index contributed by atoms with van der Waals surface area (Å²) in [6.07, 6.45) is -3.24. The molecule has 0 aliphatic carbocycles. The lowest BCUT2D eigenvalue weighted by Gasteiger charge is -2.09. The van der Waals surface area contributed by atoms with Crippen molar-refractivity contribution >= 4 is 27.6 Å². The maximum absolute atomic E-state index is 12.3. The smallest absolute Gasteiger partial charge is 0.462 e. The summed E-state index contributed by atoms with van der Waals surface area (Å²) < 4.78 is 49.0. The molecule has 0 saturated heterocycles. The van der Waals surface area contributed by atoms with E-state index in [1.165, 1.54) is 35.3 Å². The number of nitrogens with one attached hydrogen (secondary N) is 1. The third-order valence-electron chi connectivity index (χ3n) is 5.13. The van der Waals surface area contributed by atoms with Crippen molar-refractivity contribution in [2.75, 3.05) is 11.9 Å². The minimum Gasteiger partial charge on any atom is -0.462 e. The van der Waals surface area contributed by atoms with Crippen LogP contribution < -0.4 is 10.1 Å². The molecule has 0 saturated carbocycles. The maximum atomic E-state index is 12.3. The zero-order chi connectivity index (χ0) is 24.4. The molecule has 0 bridgehead atoms. The monoisotopic (exact) mass is 543 g/mol. The molecule has 0 fully saturated rings. The lowest BCUT2D eigenvalue weighted by molar-refractivity contribution is -0.274. The number of aliphatic imine (C=N–C) groups is 1. The van der Waals surface area contributed by atoms with E-state index in [1.807, 2.05) is 48.5 Å². The molecule has 1 aliphatic rings. The van der Waals surface area contributed by atoms with Crippen LogP contribution in [0.4, 0.5) is 18.9 Å². The van der Waals surface area contributed by atoms with Crippen LogP contribution in [0, 0.1) is 0 Å². The first-order chi connectivity index (χ1) is 16.8. The van der Waals surface area contributed by atoms with E-state index in [0.29, 0.717) is 24.1 Å². The van der Waals surface area contributed by atoms with Crippen LogP contribution in [-0.2, 0) is 4.74 Å². The number of ether oxygens (including phenoxy) is 2. The molecular formula is C24H17BrF3N5O2. The van der Waals surface area contributed by atoms with Crippen molar-refractivity contribution < 1.29 is 22.6 Å². The van der Waals surface area contributed by atoms with E-state index < -0.39 is 6.36 Å². The third-order valence-corrected chi connectivity index (χ3v) is 5.66. The summed E-state index contributed by atoms with van der Waals surface area (Å²) >= 11 is 3.43. The van der Waals surface area contributed by atoms with Gasteiger partial charge in [0.25, 0.3) is 6.02 Å². The number of benzene rings is 3. The number of anilines is 1. The fourth-order valence-corrected chi connectivity index (χ4v) is 3.71. The van der Waals surface area contributed by atoms with Crippen LogP contribution in [0.25, 0.3) is 17.1 Å². The van der Waals surface area contributed by atoms with Gasteiger partial charge in [-0.2, -0.15) is 0 Å². The summed E-state index contributed by atoms with van der Waals surface area (Å²) in [7, 11) is 0. The highest BCUT2D eigenvalue weighted by molar-refractivity contribution is 9.10. The second-order valence-electron chi connectivity index (χ2n) is 7.57. The summed E-state index contributed by atoms with van der Waals surface area (Å²) in [5.74, 6) is 0.167. The molecular weight excluding hydrogens is 527 g/mol. The van der Waals surface area contributed by atoms with Gasteiger partial charge in [-0.05, 0) is 66.2 Å². The Kier molecular flexibility index (Phi) is 6.16. The minimum absolute atomic E-state index is 0.0628. The largest absolute Gasteiger partial charge is 0.573 e. The average Bonchev–Trinajstić information content (AvgIpc) is 3.50. The number of halogens is 4. The quantitative estimate of drug-likeness (QED) is 0.327. The van der Waals surface area contributed by atoms with Crippen molar-refractivity contribution in [3.8, 4) is 22.8 Å². The van der Waals surface area contributed by atoms with E-state index in [0.717, 1.165) is 21.3 Å². The Morgan fingerprint density at radius 2 is 1.69 bits per heavy atom. The summed E-state index contributed by atoms with van der Waals surface area (Å²) in [5, 5.41) is 7.57. The van der Waals surface area contributed by atoms with Gasteiger partial charge in [0, 0.05) is 15.7 Å². The maximum Gasteiger partial charge on any atom is 0.573 e. The van der Waals surface area contributed by atoms with Gasteiger partial charge in [-0.3, -0.25) is 0 Å². The van der Waals surface area contributed by atoms with Gasteiger partial charge in [-0.25, -0.2) is 14.7 Å². The highest BCUT2D eigenvalue weighted by Gasteiger charge is 2.31. The standard InChI is InChI=1S/C24H17BrF3N5O2/c25-17-5-1-15(2-6-17)21-13-34-23(31-21)30-18-7-3-16(4-8-18)22-29-14-33(32-22)19-9-11-20(12-10-19)35-24(26,27)28/h1-12,14,21H,13H2,(H,30,31). The number of alkyl halides is 3. The Morgan fingerprint density at radius 3 is 2.37 bits per heavy atom. The van der Waals surface area contributed by atoms with Crippen LogP contribution in [0.3, 0.4) is 0 Å². The molecule has 11 heteroatoms. The van der Waals surface area contributed by atoms with Gasteiger partial charge in [-0.15, -0.1) is 18.3 Å². The molecule has 0 radical (unpaired) electrons. The van der Waals surface area contributed by atoms with Gasteiger partial charge in [0.05, 0.1) is 5.69 Å². The summed E-state index contributed by atoms with van der Waals surface area (Å²) in [6, 6.07) is 21.2. The predicted octanol–water partition coefficient (Wildman–Crippen LogP) is 6.13. The second kappa shape index (κ2) is 9.41. The lowest BCUT2D eigenvalue weighted by atomic mass is 10.1. The topological polar surface area (TPSA) is 73.6 Å². The van der Waals surface area contributed by atoms with Crippen molar-refractivity contribution in [1.82, 2.24) is 14.8 Å². The van der Waals surface area contributed by atoms with Crippen LogP contribution in [0.2, 0.25) is 0 Å². The van der Waals surface area contributed by atoms with Crippen LogP contribution in [0.5, 0.6) is 5.75 Å². The fourth-order valence-electron chi connectivity index (χ4n) is 3.44. The minimum atomic E-state index is -4.74. The van der Waals surface area contributed by atoms with E-state index in [-0.39, 0.29) is 11.8 Å². The third kappa shape index (κ3) is 5.62. The molecule has 1 unspecified atom stereocenters. The van der Waals surface area contributed by atoms with Crippen molar-refractivity contribution in [1.29, 1.82) is 0 Å². The highest BCUT2D eigenvalue weighted by Crippen LogP contribution is 2.26. The van der Waals surface area contributed by atoms with Crippen molar-refractivity contribution in [3.05, 3.63) is 89.2 Å². The SMILES string of the molecule is FC(F)(F)Oc1ccc(-n2cnc(-c3ccc(NC4=NC(c5ccc(Br)cc5)CO4)cc3)n2)cc1. The normalized spacial score (nSPS) is 15.4. The molecule has 178 valence electrons. The van der Waals surface area contributed by atoms with Gasteiger partial charge >= 0.3 is 6.36 Å². The van der Waals surface area contributed by atoms with Gasteiger partial charge < -0.3 is 14.8 Å². The average molecular weight is 544 g/mol. The summed E-state index contributed by atoms with van der Waals surface area (Å²) in [5.41, 5.74) is 3.19. The van der Waals surface area contributed by atoms with E-state index in [9.17, 15) is 13.2 Å². The zero-order valence-corrected chi connectivity index (χ0v) is 19.5. The van der Waals surface area contributed by atoms with Gasteiger partial charge in [0.1, 0.15) is 24.7 Å². The van der Waals surface area contributed by atoms with Gasteiger partial charge in [0.2, 0.25) is 0 Å². The Hall–Kier alpha value is -3.86. The molecule has 1 N–H and O–H groups in total. The lowest BCUT2D eigenvalue weighted by Crippen LogP contribution is -2.17. The Labute approximate surface area is 206 Å². The van der Waals surface area contributed by atoms with Crippen molar-refractivity contribution in [2.45, 2.75) is 12.4 Å². The molecule has 1 atom stereocenters. The zero-order valence-electron chi connectivity index (χ0n) is 17.9. The molecule has 1 aromatic heterocycles. The molecule has 0 spiro atoms. The molecule has 4 aromatic rings. The predicted molar refractivity (Wildman–Crippen MR) is 127 cm³/mol. The molecule has 3 aromatic carbocycles. The summed E-state index contributed by atoms with van der Waals surface area (Å²) in [4.78, 5) is 8.89. The molecule has 0 amide bonds. The molecule has 35 heavy (non-hydrogen) atoms. The van der Waals surface area contributed by atoms with Gasteiger partial charge in [0.15, 0.2) is 5.82 Å². The van der Waals surface area contributed by atoms with E-state index in [1.54, 1.807) is 0 Å². The highest BCUT2D eigenvalue weighted by atomic mass is 79.9. The number of nitrogens with zero attached hydrogens (tertiary/aromatic N) is 4. The number of amidine groups is 1. The van der Waals surface area contributed by atoms with E-state index in [4.69, 9.17) is 4.74 Å². The first-order valence-electron chi connectivity index (χ1n) is 10.4. The van der Waals surface area contributed by atoms with E-state index >= 15 is 0 Å². The first-order valence-corrected chi connectivity index (χ1v) is 11.2. The fraction of sp³-hybridized carbons (Fsp3) is 0.125. The Balaban J connectivity index is 1.23. The number of hydrogen-bond acceptors (Lipinski definition) is 6. The van der Waals surface area contributed by atoms with Gasteiger partial charge in [-0.1, -0.05) is 28.1 Å². The van der Waals surface area contributed by atoms with Crippen molar-refractivity contribution in [3.63, 3.8) is 0 Å². The molecule has 1 aliphatic heterocycles. The molecule has 7 nitrogen and oxygen atoms in total.